The molecule has 0 spiro atoms. The fraction of sp³-hybridized carbons (Fsp3) is 0.471. The Labute approximate surface area is 146 Å². The molecule has 0 bridgehead atoms. The highest BCUT2D eigenvalue weighted by molar-refractivity contribution is 5.95. The molecule has 2 aromatic rings. The monoisotopic (exact) mass is 346 g/mol. The van der Waals surface area contributed by atoms with Gasteiger partial charge in [0.15, 0.2) is 0 Å². The van der Waals surface area contributed by atoms with Crippen molar-refractivity contribution in [3.8, 4) is 11.6 Å². The number of aromatic nitrogens is 3. The highest BCUT2D eigenvalue weighted by Gasteiger charge is 2.38. The van der Waals surface area contributed by atoms with Gasteiger partial charge in [0.05, 0.1) is 20.1 Å². The summed E-state index contributed by atoms with van der Waals surface area (Å²) in [6.07, 6.45) is 5.43. The summed E-state index contributed by atoms with van der Waals surface area (Å²) in [6, 6.07) is 1.67. The van der Waals surface area contributed by atoms with Crippen molar-refractivity contribution in [2.24, 2.45) is 5.92 Å². The van der Waals surface area contributed by atoms with E-state index >= 15 is 0 Å². The van der Waals surface area contributed by atoms with Gasteiger partial charge in [-0.2, -0.15) is 0 Å². The molecule has 2 atom stereocenters. The predicted octanol–water partition coefficient (Wildman–Crippen LogP) is 2.03. The molecular formula is C17H22N4O4. The maximum atomic E-state index is 12.9. The molecule has 8 heteroatoms. The molecule has 8 nitrogen and oxygen atoms in total. The molecule has 134 valence electrons. The van der Waals surface area contributed by atoms with Gasteiger partial charge < -0.3 is 24.1 Å². The number of aryl methyl sites for hydroxylation is 1. The molecule has 2 aromatic heterocycles. The van der Waals surface area contributed by atoms with E-state index in [1.807, 2.05) is 17.7 Å². The second kappa shape index (κ2) is 7.52. The van der Waals surface area contributed by atoms with E-state index in [4.69, 9.17) is 14.2 Å². The molecule has 1 N–H and O–H groups in total. The van der Waals surface area contributed by atoms with Crippen LogP contribution in [0.2, 0.25) is 0 Å². The van der Waals surface area contributed by atoms with Crippen molar-refractivity contribution in [3.05, 3.63) is 30.5 Å². The smallest absolute Gasteiger partial charge is 0.241 e. The zero-order valence-electron chi connectivity index (χ0n) is 14.6. The number of anilines is 1. The van der Waals surface area contributed by atoms with Crippen LogP contribution in [-0.4, -0.2) is 41.3 Å². The number of carbonyl (C=O) groups is 1. The summed E-state index contributed by atoms with van der Waals surface area (Å²) in [5.74, 6) is 1.05. The van der Waals surface area contributed by atoms with Gasteiger partial charge in [-0.05, 0) is 13.3 Å². The third kappa shape index (κ3) is 3.30. The minimum absolute atomic E-state index is 0.169. The third-order valence-electron chi connectivity index (χ3n) is 4.31. The second-order valence-corrected chi connectivity index (χ2v) is 5.64. The number of imidazole rings is 1. The molecule has 25 heavy (non-hydrogen) atoms. The first-order chi connectivity index (χ1) is 12.2. The Morgan fingerprint density at radius 1 is 1.36 bits per heavy atom. The Hall–Kier alpha value is -2.61. The summed E-state index contributed by atoms with van der Waals surface area (Å²) in [6.45, 7) is 3.31. The van der Waals surface area contributed by atoms with E-state index in [-0.39, 0.29) is 17.9 Å². The van der Waals surface area contributed by atoms with Crippen LogP contribution in [0.4, 0.5) is 5.69 Å². The number of ether oxygens (including phenoxy) is 3. The zero-order valence-corrected chi connectivity index (χ0v) is 14.6. The largest absolute Gasteiger partial charge is 0.494 e. The fourth-order valence-corrected chi connectivity index (χ4v) is 3.04. The van der Waals surface area contributed by atoms with Crippen LogP contribution < -0.4 is 14.8 Å². The number of hydrogen-bond acceptors (Lipinski definition) is 6. The van der Waals surface area contributed by atoms with Crippen LogP contribution >= 0.6 is 0 Å². The van der Waals surface area contributed by atoms with E-state index in [9.17, 15) is 4.79 Å². The number of pyridine rings is 1. The third-order valence-corrected chi connectivity index (χ3v) is 4.31. The summed E-state index contributed by atoms with van der Waals surface area (Å²) >= 11 is 0. The molecule has 1 fully saturated rings. The molecule has 3 heterocycles. The molecule has 1 aliphatic heterocycles. The lowest BCUT2D eigenvalue weighted by molar-refractivity contribution is -0.121. The number of rotatable bonds is 6. The normalized spacial score (nSPS) is 19.6. The molecule has 1 amide bonds. The standard InChI is InChI=1S/C17H22N4O4/c1-4-21-9-8-18-15(21)14-11(6-10-25-14)16(22)20-13-12(23-2)5-7-19-17(13)24-3/h5,7-9,11,14H,4,6,10H2,1-3H3,(H,20,22)/t11-,14-/m1/s1. The van der Waals surface area contributed by atoms with Crippen molar-refractivity contribution in [1.29, 1.82) is 0 Å². The molecule has 0 radical (unpaired) electrons. The molecular weight excluding hydrogens is 324 g/mol. The summed E-state index contributed by atoms with van der Waals surface area (Å²) < 4.78 is 18.3. The fourth-order valence-electron chi connectivity index (χ4n) is 3.04. The number of nitrogens with zero attached hydrogens (tertiary/aromatic N) is 3. The van der Waals surface area contributed by atoms with Gasteiger partial charge in [0.1, 0.15) is 23.4 Å². The van der Waals surface area contributed by atoms with E-state index < -0.39 is 0 Å². The maximum absolute atomic E-state index is 12.9. The quantitative estimate of drug-likeness (QED) is 0.861. The van der Waals surface area contributed by atoms with Gasteiger partial charge in [0.2, 0.25) is 11.8 Å². The first kappa shape index (κ1) is 17.2. The highest BCUT2D eigenvalue weighted by atomic mass is 16.5. The Morgan fingerprint density at radius 3 is 2.92 bits per heavy atom. The number of carbonyl (C=O) groups excluding carboxylic acids is 1. The van der Waals surface area contributed by atoms with E-state index in [2.05, 4.69) is 15.3 Å². The SMILES string of the molecule is CCn1ccnc1[C@@H]1OCC[C@H]1C(=O)Nc1c(OC)ccnc1OC. The van der Waals surface area contributed by atoms with Crippen molar-refractivity contribution in [2.75, 3.05) is 26.1 Å². The minimum atomic E-state index is -0.372. The van der Waals surface area contributed by atoms with E-state index in [0.29, 0.717) is 30.3 Å². The van der Waals surface area contributed by atoms with Crippen LogP contribution in [0.5, 0.6) is 11.6 Å². The first-order valence-corrected chi connectivity index (χ1v) is 8.20. The maximum Gasteiger partial charge on any atom is 0.241 e. The predicted molar refractivity (Wildman–Crippen MR) is 90.7 cm³/mol. The summed E-state index contributed by atoms with van der Waals surface area (Å²) in [4.78, 5) is 21.4. The average molecular weight is 346 g/mol. The van der Waals surface area contributed by atoms with Crippen molar-refractivity contribution < 1.29 is 19.0 Å². The molecule has 0 aromatic carbocycles. The van der Waals surface area contributed by atoms with Gasteiger partial charge in [0.25, 0.3) is 0 Å². The number of methoxy groups -OCH3 is 2. The zero-order chi connectivity index (χ0) is 17.8. The summed E-state index contributed by atoms with van der Waals surface area (Å²) in [5, 5.41) is 2.88. The molecule has 0 unspecified atom stereocenters. The second-order valence-electron chi connectivity index (χ2n) is 5.64. The minimum Gasteiger partial charge on any atom is -0.494 e. The lowest BCUT2D eigenvalue weighted by Gasteiger charge is -2.20. The van der Waals surface area contributed by atoms with Crippen molar-refractivity contribution in [3.63, 3.8) is 0 Å². The van der Waals surface area contributed by atoms with Gasteiger partial charge in [-0.25, -0.2) is 9.97 Å². The molecule has 0 saturated carbocycles. The Kier molecular flexibility index (Phi) is 5.18. The molecule has 3 rings (SSSR count). The lowest BCUT2D eigenvalue weighted by Crippen LogP contribution is -2.27. The Bertz CT molecular complexity index is 724. The summed E-state index contributed by atoms with van der Waals surface area (Å²) in [7, 11) is 3.03. The van der Waals surface area contributed by atoms with Gasteiger partial charge in [-0.15, -0.1) is 0 Å². The van der Waals surface area contributed by atoms with Crippen LogP contribution in [0.1, 0.15) is 25.3 Å². The van der Waals surface area contributed by atoms with Gasteiger partial charge in [-0.3, -0.25) is 4.79 Å². The summed E-state index contributed by atoms with van der Waals surface area (Å²) in [5.41, 5.74) is 0.419. The Balaban J connectivity index is 1.84. The van der Waals surface area contributed by atoms with Gasteiger partial charge in [-0.1, -0.05) is 0 Å². The molecule has 1 saturated heterocycles. The van der Waals surface area contributed by atoms with Crippen LogP contribution in [0.3, 0.4) is 0 Å². The van der Waals surface area contributed by atoms with Crippen LogP contribution in [-0.2, 0) is 16.1 Å². The molecule has 0 aliphatic carbocycles. The topological polar surface area (TPSA) is 87.5 Å². The van der Waals surface area contributed by atoms with Crippen LogP contribution in [0.25, 0.3) is 0 Å². The van der Waals surface area contributed by atoms with E-state index in [0.717, 1.165) is 12.4 Å². The van der Waals surface area contributed by atoms with E-state index in [1.54, 1.807) is 18.5 Å². The lowest BCUT2D eigenvalue weighted by atomic mass is 9.99. The van der Waals surface area contributed by atoms with Crippen LogP contribution in [0, 0.1) is 5.92 Å². The number of hydrogen-bond donors (Lipinski definition) is 1. The van der Waals surface area contributed by atoms with Crippen molar-refractivity contribution >= 4 is 11.6 Å². The van der Waals surface area contributed by atoms with Crippen molar-refractivity contribution in [1.82, 2.24) is 14.5 Å². The Morgan fingerprint density at radius 2 is 2.20 bits per heavy atom. The average Bonchev–Trinajstić information content (AvgIpc) is 3.29. The van der Waals surface area contributed by atoms with Crippen molar-refractivity contribution in [2.45, 2.75) is 26.0 Å². The van der Waals surface area contributed by atoms with E-state index in [1.165, 1.54) is 14.2 Å². The van der Waals surface area contributed by atoms with Gasteiger partial charge >= 0.3 is 0 Å². The molecule has 1 aliphatic rings. The highest BCUT2D eigenvalue weighted by Crippen LogP contribution is 2.37. The van der Waals surface area contributed by atoms with Crippen LogP contribution in [0.15, 0.2) is 24.7 Å². The number of amides is 1. The first-order valence-electron chi connectivity index (χ1n) is 8.20. The van der Waals surface area contributed by atoms with Gasteiger partial charge in [0, 0.05) is 37.8 Å². The number of nitrogens with one attached hydrogen (secondary N) is 1.